The van der Waals surface area contributed by atoms with Gasteiger partial charge in [0.15, 0.2) is 17.6 Å². The maximum atomic E-state index is 14.5. The lowest BCUT2D eigenvalue weighted by atomic mass is 9.73. The Kier molecular flexibility index (Phi) is 14.5. The molecule has 14 nitrogen and oxygen atoms in total. The van der Waals surface area contributed by atoms with Crippen LogP contribution >= 0.6 is 0 Å². The number of nitrogens with one attached hydrogen (secondary N) is 1. The first-order valence-corrected chi connectivity index (χ1v) is 20.7. The molecule has 1 amide bonds. The van der Waals surface area contributed by atoms with Crippen molar-refractivity contribution in [1.82, 2.24) is 10.2 Å². The Balaban J connectivity index is 1.59. The van der Waals surface area contributed by atoms with E-state index in [9.17, 15) is 19.5 Å². The van der Waals surface area contributed by atoms with Crippen molar-refractivity contribution >= 4 is 23.6 Å². The van der Waals surface area contributed by atoms with Crippen molar-refractivity contribution in [3.05, 3.63) is 29.8 Å². The number of esters is 1. The fraction of sp³-hybridized carbons (Fsp3) is 0.767. The number of rotatable bonds is 8. The standard InChI is InChI=1S/C43H67N3O11/c1-13-33-43(10)37(44-41(50)56-43)26(6)34(47)24(4)20-42(9)38(55-40-35(48)32(46(11)12)19-25(5)53-40)27(7)36(28(8)39(49)54-33)51-21-30(22-52-42)45-57-31-16-14-29(15-17-31)18-23(2)3/h14-17,23-28,32-33,35-38,40,48H,13,18-22H2,1-12H3,(H,44,50)/b45-30-/t24-,25-,26+,27+,28-,32+,33-,35-,36+,37-,38-,40+,42-,43+/m1/s1. The van der Waals surface area contributed by atoms with Crippen LogP contribution in [0.15, 0.2) is 29.4 Å². The molecule has 0 unspecified atom stereocenters. The molecule has 0 aliphatic carbocycles. The maximum absolute atomic E-state index is 14.5. The van der Waals surface area contributed by atoms with E-state index in [1.807, 2.05) is 77.9 Å². The molecule has 4 heterocycles. The van der Waals surface area contributed by atoms with Crippen LogP contribution in [0.4, 0.5) is 4.79 Å². The first kappa shape index (κ1) is 45.0. The Morgan fingerprint density at radius 2 is 1.70 bits per heavy atom. The van der Waals surface area contributed by atoms with Crippen LogP contribution in [-0.2, 0) is 44.4 Å². The molecule has 0 spiro atoms. The van der Waals surface area contributed by atoms with Crippen molar-refractivity contribution < 1.29 is 52.7 Å². The smallest absolute Gasteiger partial charge is 0.408 e. The van der Waals surface area contributed by atoms with E-state index in [1.54, 1.807) is 20.8 Å². The molecule has 4 aliphatic heterocycles. The number of hydrogen-bond donors (Lipinski definition) is 2. The maximum Gasteiger partial charge on any atom is 0.408 e. The molecule has 1 aromatic rings. The van der Waals surface area contributed by atoms with Gasteiger partial charge in [-0.25, -0.2) is 4.79 Å². The lowest BCUT2D eigenvalue weighted by molar-refractivity contribution is -0.302. The van der Waals surface area contributed by atoms with E-state index in [-0.39, 0.29) is 37.6 Å². The van der Waals surface area contributed by atoms with Gasteiger partial charge in [-0.1, -0.05) is 58.8 Å². The Bertz CT molecular complexity index is 1590. The van der Waals surface area contributed by atoms with Crippen molar-refractivity contribution in [1.29, 1.82) is 0 Å². The number of Topliss-reactive ketones (excluding diaryl/α,β-unsaturated/α-hetero) is 1. The number of ether oxygens (including phenoxy) is 6. The van der Waals surface area contributed by atoms with Crippen molar-refractivity contribution in [3.63, 3.8) is 0 Å². The summed E-state index contributed by atoms with van der Waals surface area (Å²) in [5.74, 6) is -2.44. The van der Waals surface area contributed by atoms with E-state index < -0.39 is 83.7 Å². The fourth-order valence-corrected chi connectivity index (χ4v) is 9.37. The van der Waals surface area contributed by atoms with Crippen LogP contribution in [0.1, 0.15) is 94.1 Å². The number of aliphatic hydroxyl groups is 1. The molecule has 2 N–H and O–H groups in total. The molecule has 4 saturated heterocycles. The Hall–Kier alpha value is -3.14. The highest BCUT2D eigenvalue weighted by Gasteiger charge is 2.57. The zero-order chi connectivity index (χ0) is 42.0. The number of hydrogen-bond acceptors (Lipinski definition) is 13. The van der Waals surface area contributed by atoms with Crippen LogP contribution in [0.5, 0.6) is 5.75 Å². The predicted octanol–water partition coefficient (Wildman–Crippen LogP) is 5.31. The second-order valence-corrected chi connectivity index (χ2v) is 18.0. The summed E-state index contributed by atoms with van der Waals surface area (Å²) in [5.41, 5.74) is -0.951. The molecule has 320 valence electrons. The molecule has 0 radical (unpaired) electrons. The van der Waals surface area contributed by atoms with Gasteiger partial charge in [0.25, 0.3) is 0 Å². The second kappa shape index (κ2) is 18.4. The summed E-state index contributed by atoms with van der Waals surface area (Å²) in [6.07, 6.45) is -3.54. The summed E-state index contributed by atoms with van der Waals surface area (Å²) in [7, 11) is 3.81. The van der Waals surface area contributed by atoms with Gasteiger partial charge in [-0.15, -0.1) is 0 Å². The van der Waals surface area contributed by atoms with Crippen LogP contribution in [0.2, 0.25) is 0 Å². The lowest BCUT2D eigenvalue weighted by Crippen LogP contribution is -2.60. The molecule has 1 aromatic carbocycles. The molecular formula is C43H67N3O11. The summed E-state index contributed by atoms with van der Waals surface area (Å²) in [4.78, 5) is 49.5. The van der Waals surface area contributed by atoms with E-state index in [0.717, 1.165) is 6.42 Å². The molecule has 4 fully saturated rings. The number of nitrogens with zero attached hydrogens (tertiary/aromatic N) is 2. The zero-order valence-electron chi connectivity index (χ0n) is 36.0. The summed E-state index contributed by atoms with van der Waals surface area (Å²) in [5, 5.41) is 19.0. The number of benzene rings is 1. The Morgan fingerprint density at radius 1 is 1.02 bits per heavy atom. The number of cyclic esters (lactones) is 1. The highest BCUT2D eigenvalue weighted by molar-refractivity contribution is 5.87. The number of amides is 1. The molecule has 0 aromatic heterocycles. The summed E-state index contributed by atoms with van der Waals surface area (Å²) in [6.45, 7) is 18.9. The lowest BCUT2D eigenvalue weighted by Gasteiger charge is -2.48. The van der Waals surface area contributed by atoms with Gasteiger partial charge in [-0.2, -0.15) is 0 Å². The number of fused-ring (bicyclic) bond motifs is 4. The van der Waals surface area contributed by atoms with Crippen LogP contribution in [0.25, 0.3) is 0 Å². The number of carbonyl (C=O) groups is 3. The van der Waals surface area contributed by atoms with Gasteiger partial charge in [-0.05, 0) is 91.1 Å². The number of aliphatic hydroxyl groups excluding tert-OH is 1. The number of oxime groups is 1. The van der Waals surface area contributed by atoms with Crippen LogP contribution < -0.4 is 10.2 Å². The number of likely N-dealkylation sites (N-methyl/N-ethyl adjacent to an activating group) is 1. The first-order chi connectivity index (χ1) is 26.8. The number of ketones is 1. The molecule has 0 saturated carbocycles. The van der Waals surface area contributed by atoms with Gasteiger partial charge in [0.1, 0.15) is 23.7 Å². The van der Waals surface area contributed by atoms with E-state index in [1.165, 1.54) is 5.56 Å². The predicted molar refractivity (Wildman–Crippen MR) is 213 cm³/mol. The average molecular weight is 802 g/mol. The normalized spacial score (nSPS) is 40.4. The Morgan fingerprint density at radius 3 is 2.33 bits per heavy atom. The van der Waals surface area contributed by atoms with Crippen LogP contribution in [-0.4, -0.2) is 121 Å². The van der Waals surface area contributed by atoms with Crippen molar-refractivity contribution in [3.8, 4) is 5.75 Å². The topological polar surface area (TPSA) is 164 Å². The quantitative estimate of drug-likeness (QED) is 0.258. The molecule has 5 rings (SSSR count). The monoisotopic (exact) mass is 801 g/mol. The highest BCUT2D eigenvalue weighted by atomic mass is 16.7. The fourth-order valence-electron chi connectivity index (χ4n) is 9.37. The molecule has 14 heteroatoms. The SMILES string of the molecule is CC[C@H]1OC(=O)[C@H](C)[C@H]2OC/C(=N/Oc3ccc(CC(C)C)cc3)CO[C@](C)(C[C@@H](C)C(=O)[C@H](C)[C@H]3NC(=O)O[C@]31C)[C@H](O[C@@H]1O[C@H](C)C[C@H](N(C)C)[C@H]1O)[C@H]2C. The van der Waals surface area contributed by atoms with Gasteiger partial charge in [0.05, 0.1) is 49.1 Å². The molecule has 57 heavy (non-hydrogen) atoms. The molecule has 4 aliphatic rings. The summed E-state index contributed by atoms with van der Waals surface area (Å²) in [6, 6.07) is 6.74. The largest absolute Gasteiger partial charge is 0.458 e. The minimum absolute atomic E-state index is 0.0484. The van der Waals surface area contributed by atoms with Crippen LogP contribution in [0, 0.1) is 29.6 Å². The van der Waals surface area contributed by atoms with Crippen molar-refractivity contribution in [2.24, 2.45) is 34.7 Å². The van der Waals surface area contributed by atoms with Gasteiger partial charge < -0.3 is 48.6 Å². The summed E-state index contributed by atoms with van der Waals surface area (Å²) >= 11 is 0. The van der Waals surface area contributed by atoms with Crippen LogP contribution in [0.3, 0.4) is 0 Å². The minimum atomic E-state index is -1.32. The van der Waals surface area contributed by atoms with Gasteiger partial charge in [-0.3, -0.25) is 9.59 Å². The third kappa shape index (κ3) is 10.0. The minimum Gasteiger partial charge on any atom is -0.458 e. The third-order valence-corrected chi connectivity index (χ3v) is 12.5. The molecule has 14 atom stereocenters. The Labute approximate surface area is 338 Å². The van der Waals surface area contributed by atoms with E-state index in [0.29, 0.717) is 30.2 Å². The number of carbonyl (C=O) groups excluding carboxylic acids is 3. The number of alkyl carbamates (subject to hydrolysis) is 1. The van der Waals surface area contributed by atoms with Crippen molar-refractivity contribution in [2.45, 2.75) is 155 Å². The van der Waals surface area contributed by atoms with Gasteiger partial charge >= 0.3 is 12.1 Å². The van der Waals surface area contributed by atoms with E-state index >= 15 is 0 Å². The second-order valence-electron chi connectivity index (χ2n) is 18.0. The van der Waals surface area contributed by atoms with Gasteiger partial charge in [0.2, 0.25) is 0 Å². The summed E-state index contributed by atoms with van der Waals surface area (Å²) < 4.78 is 38.8. The molecule has 2 bridgehead atoms. The third-order valence-electron chi connectivity index (χ3n) is 12.5. The van der Waals surface area contributed by atoms with Gasteiger partial charge in [0, 0.05) is 23.8 Å². The van der Waals surface area contributed by atoms with E-state index in [4.69, 9.17) is 33.3 Å². The average Bonchev–Trinajstić information content (AvgIpc) is 3.48. The molecular weight excluding hydrogens is 734 g/mol. The highest BCUT2D eigenvalue weighted by Crippen LogP contribution is 2.42. The van der Waals surface area contributed by atoms with Crippen molar-refractivity contribution in [2.75, 3.05) is 27.3 Å². The first-order valence-electron chi connectivity index (χ1n) is 20.7. The van der Waals surface area contributed by atoms with E-state index in [2.05, 4.69) is 24.3 Å². The zero-order valence-corrected chi connectivity index (χ0v) is 36.0.